The van der Waals surface area contributed by atoms with Gasteiger partial charge in [0, 0.05) is 19.6 Å². The number of aliphatic hydroxyl groups is 1. The largest absolute Gasteiger partial charge is 0.396 e. The van der Waals surface area contributed by atoms with Crippen molar-refractivity contribution in [2.24, 2.45) is 0 Å². The van der Waals surface area contributed by atoms with E-state index in [4.69, 9.17) is 9.84 Å². The van der Waals surface area contributed by atoms with Crippen LogP contribution in [0.25, 0.3) is 0 Å². The maximum Gasteiger partial charge on any atom is 0.220 e. The van der Waals surface area contributed by atoms with Crippen LogP contribution >= 0.6 is 0 Å². The van der Waals surface area contributed by atoms with E-state index >= 15 is 0 Å². The molecule has 0 aliphatic carbocycles. The van der Waals surface area contributed by atoms with Crippen LogP contribution in [0.15, 0.2) is 48.6 Å². The second kappa shape index (κ2) is 16.5. The number of aliphatic hydroxyl groups excluding tert-OH is 1. The normalized spacial score (nSPS) is 19.8. The fraction of sp³-hybridized carbons (Fsp3) is 0.609. The summed E-state index contributed by atoms with van der Waals surface area (Å²) in [4.78, 5) is 11.5. The van der Waals surface area contributed by atoms with Crippen molar-refractivity contribution in [3.8, 4) is 0 Å². The fourth-order valence-electron chi connectivity index (χ4n) is 2.66. The Morgan fingerprint density at radius 3 is 2.22 bits per heavy atom. The molecule has 2 unspecified atom stereocenters. The zero-order valence-electron chi connectivity index (χ0n) is 16.8. The van der Waals surface area contributed by atoms with Crippen LogP contribution in [-0.4, -0.2) is 36.4 Å². The van der Waals surface area contributed by atoms with Gasteiger partial charge in [0.25, 0.3) is 0 Å². The first-order valence-electron chi connectivity index (χ1n) is 10.4. The molecule has 1 aliphatic rings. The van der Waals surface area contributed by atoms with Crippen LogP contribution in [0.1, 0.15) is 64.7 Å². The van der Waals surface area contributed by atoms with Crippen molar-refractivity contribution >= 4 is 5.91 Å². The molecule has 0 aromatic rings. The van der Waals surface area contributed by atoms with Gasteiger partial charge in [-0.15, -0.1) is 0 Å². The zero-order valence-corrected chi connectivity index (χ0v) is 16.8. The smallest absolute Gasteiger partial charge is 0.220 e. The highest BCUT2D eigenvalue weighted by molar-refractivity contribution is 5.75. The molecule has 27 heavy (non-hydrogen) atoms. The molecule has 1 fully saturated rings. The standard InChI is InChI=1S/C23H37NO3/c1-2-3-4-5-6-7-8-9-12-16-21-22(27-21)17-13-10-11-14-18-23(26)24-19-15-20-25/h3-4,6-7,9-10,12-13,21-22,25H,2,5,8,11,14-20H2,1H3,(H,24,26)/b4-3-,7-6-,12-9-,13-10-. The Morgan fingerprint density at radius 1 is 0.926 bits per heavy atom. The van der Waals surface area contributed by atoms with Crippen molar-refractivity contribution < 1.29 is 14.6 Å². The minimum atomic E-state index is 0.0708. The molecule has 0 aromatic heterocycles. The van der Waals surface area contributed by atoms with Crippen molar-refractivity contribution in [2.75, 3.05) is 13.2 Å². The predicted molar refractivity (Wildman–Crippen MR) is 113 cm³/mol. The lowest BCUT2D eigenvalue weighted by molar-refractivity contribution is -0.121. The molecule has 1 amide bonds. The van der Waals surface area contributed by atoms with Gasteiger partial charge in [0.1, 0.15) is 0 Å². The Labute approximate surface area is 165 Å². The van der Waals surface area contributed by atoms with Gasteiger partial charge in [0.15, 0.2) is 0 Å². The number of nitrogens with one attached hydrogen (secondary N) is 1. The lowest BCUT2D eigenvalue weighted by Gasteiger charge is -2.02. The molecule has 1 rings (SSSR count). The molecule has 1 heterocycles. The number of ether oxygens (including phenoxy) is 1. The van der Waals surface area contributed by atoms with Crippen molar-refractivity contribution in [1.29, 1.82) is 0 Å². The predicted octanol–water partition coefficient (Wildman–Crippen LogP) is 4.62. The monoisotopic (exact) mass is 375 g/mol. The van der Waals surface area contributed by atoms with Crippen LogP contribution in [0, 0.1) is 0 Å². The van der Waals surface area contributed by atoms with Gasteiger partial charge < -0.3 is 15.2 Å². The summed E-state index contributed by atoms with van der Waals surface area (Å²) in [6.45, 7) is 2.83. The van der Waals surface area contributed by atoms with E-state index in [1.807, 2.05) is 0 Å². The van der Waals surface area contributed by atoms with E-state index in [2.05, 4.69) is 60.8 Å². The number of rotatable bonds is 16. The number of hydrogen-bond acceptors (Lipinski definition) is 3. The van der Waals surface area contributed by atoms with Crippen LogP contribution in [0.5, 0.6) is 0 Å². The first-order valence-corrected chi connectivity index (χ1v) is 10.4. The van der Waals surface area contributed by atoms with E-state index in [0.717, 1.165) is 44.9 Å². The summed E-state index contributed by atoms with van der Waals surface area (Å²) in [5.41, 5.74) is 0. The Bertz CT molecular complexity index is 494. The van der Waals surface area contributed by atoms with Crippen molar-refractivity contribution in [1.82, 2.24) is 5.32 Å². The molecular formula is C23H37NO3. The number of allylic oxidation sites excluding steroid dienone is 6. The number of amides is 1. The van der Waals surface area contributed by atoms with Crippen molar-refractivity contribution in [2.45, 2.75) is 76.9 Å². The van der Waals surface area contributed by atoms with Gasteiger partial charge in [0.2, 0.25) is 5.91 Å². The molecule has 1 saturated heterocycles. The van der Waals surface area contributed by atoms with Crippen molar-refractivity contribution in [3.63, 3.8) is 0 Å². The van der Waals surface area contributed by atoms with Crippen LogP contribution in [0.4, 0.5) is 0 Å². The molecule has 0 bridgehead atoms. The highest BCUT2D eigenvalue weighted by atomic mass is 16.6. The molecule has 0 radical (unpaired) electrons. The van der Waals surface area contributed by atoms with Crippen molar-refractivity contribution in [3.05, 3.63) is 48.6 Å². The van der Waals surface area contributed by atoms with E-state index < -0.39 is 0 Å². The van der Waals surface area contributed by atoms with Gasteiger partial charge in [0.05, 0.1) is 12.2 Å². The number of unbranched alkanes of at least 4 members (excludes halogenated alkanes) is 1. The van der Waals surface area contributed by atoms with Crippen LogP contribution in [-0.2, 0) is 9.53 Å². The molecule has 1 aliphatic heterocycles. The first kappa shape index (κ1) is 23.4. The molecule has 4 heteroatoms. The van der Waals surface area contributed by atoms with E-state index in [1.165, 1.54) is 0 Å². The summed E-state index contributed by atoms with van der Waals surface area (Å²) in [6.07, 6.45) is 26.3. The maximum atomic E-state index is 11.5. The summed E-state index contributed by atoms with van der Waals surface area (Å²) in [5.74, 6) is 0.0708. The highest BCUT2D eigenvalue weighted by Gasteiger charge is 2.35. The molecule has 4 nitrogen and oxygen atoms in total. The Hall–Kier alpha value is -1.65. The number of carbonyl (C=O) groups excluding carboxylic acids is 1. The number of carbonyl (C=O) groups is 1. The third-order valence-electron chi connectivity index (χ3n) is 4.30. The summed E-state index contributed by atoms with van der Waals surface area (Å²) in [6, 6.07) is 0. The molecule has 0 spiro atoms. The zero-order chi connectivity index (χ0) is 19.6. The topological polar surface area (TPSA) is 61.9 Å². The van der Waals surface area contributed by atoms with E-state index in [0.29, 0.717) is 31.6 Å². The fourth-order valence-corrected chi connectivity index (χ4v) is 2.66. The van der Waals surface area contributed by atoms with Crippen LogP contribution < -0.4 is 5.32 Å². The quantitative estimate of drug-likeness (QED) is 0.235. The Balaban J connectivity index is 1.94. The second-order valence-electron chi connectivity index (χ2n) is 6.77. The Kier molecular flexibility index (Phi) is 14.3. The maximum absolute atomic E-state index is 11.5. The average molecular weight is 376 g/mol. The number of hydrogen-bond donors (Lipinski definition) is 2. The van der Waals surface area contributed by atoms with Gasteiger partial charge >= 0.3 is 0 Å². The third kappa shape index (κ3) is 14.1. The minimum Gasteiger partial charge on any atom is -0.396 e. The van der Waals surface area contributed by atoms with Gasteiger partial charge in [-0.1, -0.05) is 55.5 Å². The highest BCUT2D eigenvalue weighted by Crippen LogP contribution is 2.29. The van der Waals surface area contributed by atoms with Gasteiger partial charge in [-0.05, 0) is 51.4 Å². The first-order chi connectivity index (χ1) is 13.3. The summed E-state index contributed by atoms with van der Waals surface area (Å²) in [5, 5.41) is 11.5. The van der Waals surface area contributed by atoms with Gasteiger partial charge in [-0.2, -0.15) is 0 Å². The average Bonchev–Trinajstić information content (AvgIpc) is 3.41. The van der Waals surface area contributed by atoms with E-state index in [9.17, 15) is 4.79 Å². The lowest BCUT2D eigenvalue weighted by Crippen LogP contribution is -2.24. The molecule has 152 valence electrons. The van der Waals surface area contributed by atoms with Gasteiger partial charge in [-0.25, -0.2) is 0 Å². The SMILES string of the molecule is CC/C=C\C/C=C\C/C=C\CC1OC1C/C=C\CCCC(=O)NCCCO. The summed E-state index contributed by atoms with van der Waals surface area (Å²) < 4.78 is 5.67. The molecule has 0 saturated carbocycles. The van der Waals surface area contributed by atoms with Crippen LogP contribution in [0.3, 0.4) is 0 Å². The minimum absolute atomic E-state index is 0.0708. The third-order valence-corrected chi connectivity index (χ3v) is 4.30. The van der Waals surface area contributed by atoms with Crippen LogP contribution in [0.2, 0.25) is 0 Å². The molecular weight excluding hydrogens is 338 g/mol. The number of epoxide rings is 1. The molecule has 0 aromatic carbocycles. The second-order valence-corrected chi connectivity index (χ2v) is 6.77. The molecule has 2 atom stereocenters. The summed E-state index contributed by atoms with van der Waals surface area (Å²) >= 11 is 0. The van der Waals surface area contributed by atoms with E-state index in [1.54, 1.807) is 0 Å². The molecule has 2 N–H and O–H groups in total. The lowest BCUT2D eigenvalue weighted by atomic mass is 10.1. The Morgan fingerprint density at radius 2 is 1.56 bits per heavy atom. The van der Waals surface area contributed by atoms with Gasteiger partial charge in [-0.3, -0.25) is 4.79 Å². The summed E-state index contributed by atoms with van der Waals surface area (Å²) in [7, 11) is 0. The van der Waals surface area contributed by atoms with E-state index in [-0.39, 0.29) is 12.5 Å².